The number of halogens is 2. The fraction of sp³-hybridized carbons (Fsp3) is 0.185. The van der Waals surface area contributed by atoms with E-state index in [1.165, 1.54) is 12.1 Å². The molecule has 2 heterocycles. The van der Waals surface area contributed by atoms with Gasteiger partial charge in [-0.1, -0.05) is 77.3 Å². The highest BCUT2D eigenvalue weighted by molar-refractivity contribution is 6.42. The zero-order valence-corrected chi connectivity index (χ0v) is 19.8. The van der Waals surface area contributed by atoms with Gasteiger partial charge in [0.1, 0.15) is 0 Å². The Labute approximate surface area is 210 Å². The molecular formula is C27H17Cl2NO5. The number of hydrogen-bond acceptors (Lipinski definition) is 5. The van der Waals surface area contributed by atoms with Crippen LogP contribution in [0.1, 0.15) is 37.9 Å². The van der Waals surface area contributed by atoms with Crippen LogP contribution in [0.2, 0.25) is 10.0 Å². The van der Waals surface area contributed by atoms with Crippen molar-refractivity contribution in [2.75, 3.05) is 4.90 Å². The molecule has 2 aliphatic heterocycles. The van der Waals surface area contributed by atoms with Crippen LogP contribution in [0.15, 0.2) is 66.7 Å². The molecule has 2 saturated heterocycles. The first-order valence-electron chi connectivity index (χ1n) is 11.0. The number of amides is 2. The van der Waals surface area contributed by atoms with Crippen molar-refractivity contribution < 1.29 is 23.9 Å². The second-order valence-electron chi connectivity index (χ2n) is 8.97. The van der Waals surface area contributed by atoms with E-state index in [9.17, 15) is 19.2 Å². The molecule has 6 rings (SSSR count). The number of imide groups is 1. The maximum Gasteiger partial charge on any atom is 0.241 e. The van der Waals surface area contributed by atoms with Gasteiger partial charge in [0.25, 0.3) is 0 Å². The molecule has 2 amide bonds. The molecule has 0 N–H and O–H groups in total. The van der Waals surface area contributed by atoms with Gasteiger partial charge in [-0.3, -0.25) is 19.2 Å². The third-order valence-corrected chi connectivity index (χ3v) is 7.93. The van der Waals surface area contributed by atoms with Gasteiger partial charge in [0, 0.05) is 16.7 Å². The lowest BCUT2D eigenvalue weighted by Gasteiger charge is -2.27. The van der Waals surface area contributed by atoms with Crippen LogP contribution in [0.4, 0.5) is 5.69 Å². The van der Waals surface area contributed by atoms with Gasteiger partial charge in [-0.15, -0.1) is 0 Å². The number of ether oxygens (including phenoxy) is 1. The van der Waals surface area contributed by atoms with Crippen molar-refractivity contribution in [1.29, 1.82) is 0 Å². The van der Waals surface area contributed by atoms with Gasteiger partial charge in [0.2, 0.25) is 29.0 Å². The molecule has 1 spiro atoms. The van der Waals surface area contributed by atoms with Crippen LogP contribution in [-0.4, -0.2) is 29.0 Å². The number of aryl methyl sites for hydroxylation is 1. The maximum atomic E-state index is 13.9. The molecule has 3 atom stereocenters. The average molecular weight is 506 g/mol. The number of benzene rings is 3. The number of hydrogen-bond donors (Lipinski definition) is 0. The maximum absolute atomic E-state index is 13.9. The Bertz CT molecular complexity index is 1430. The fourth-order valence-corrected chi connectivity index (χ4v) is 5.90. The highest BCUT2D eigenvalue weighted by Gasteiger charge is 2.74. The summed E-state index contributed by atoms with van der Waals surface area (Å²) >= 11 is 12.7. The predicted octanol–water partition coefficient (Wildman–Crippen LogP) is 5.00. The third-order valence-electron chi connectivity index (χ3n) is 7.10. The van der Waals surface area contributed by atoms with Crippen LogP contribution in [0.25, 0.3) is 0 Å². The van der Waals surface area contributed by atoms with E-state index in [1.54, 1.807) is 54.6 Å². The molecule has 8 heteroatoms. The van der Waals surface area contributed by atoms with Gasteiger partial charge in [-0.25, -0.2) is 4.90 Å². The summed E-state index contributed by atoms with van der Waals surface area (Å²) in [6.07, 6.45) is -1.12. The summed E-state index contributed by atoms with van der Waals surface area (Å²) < 4.78 is 6.24. The molecule has 0 saturated carbocycles. The Kier molecular flexibility index (Phi) is 4.81. The quantitative estimate of drug-likeness (QED) is 0.361. The first-order valence-corrected chi connectivity index (χ1v) is 11.8. The average Bonchev–Trinajstić information content (AvgIpc) is 3.42. The summed E-state index contributed by atoms with van der Waals surface area (Å²) in [6.45, 7) is 1.89. The van der Waals surface area contributed by atoms with Crippen molar-refractivity contribution in [1.82, 2.24) is 0 Å². The summed E-state index contributed by atoms with van der Waals surface area (Å²) in [5, 5.41) is 0.365. The molecule has 0 aromatic heterocycles. The Morgan fingerprint density at radius 1 is 0.800 bits per heavy atom. The number of ketones is 2. The van der Waals surface area contributed by atoms with Gasteiger partial charge in [-0.2, -0.15) is 0 Å². The Balaban J connectivity index is 1.57. The number of anilines is 1. The molecule has 2 fully saturated rings. The number of Topliss-reactive ketones (excluding diaryl/α,β-unsaturated/α-hetero) is 2. The Morgan fingerprint density at radius 2 is 1.43 bits per heavy atom. The molecule has 3 aromatic carbocycles. The highest BCUT2D eigenvalue weighted by Crippen LogP contribution is 2.58. The second kappa shape index (κ2) is 7.59. The van der Waals surface area contributed by atoms with Crippen molar-refractivity contribution in [2.45, 2.75) is 18.6 Å². The number of fused-ring (bicyclic) bond motifs is 3. The molecule has 0 radical (unpaired) electrons. The lowest BCUT2D eigenvalue weighted by atomic mass is 9.77. The topological polar surface area (TPSA) is 80.8 Å². The summed E-state index contributed by atoms with van der Waals surface area (Å²) in [5.74, 6) is -4.94. The van der Waals surface area contributed by atoms with Crippen molar-refractivity contribution in [3.8, 4) is 0 Å². The van der Waals surface area contributed by atoms with E-state index in [1.807, 2.05) is 6.92 Å². The summed E-state index contributed by atoms with van der Waals surface area (Å²) in [6, 6.07) is 18.1. The normalized spacial score (nSPS) is 24.4. The van der Waals surface area contributed by atoms with Gasteiger partial charge < -0.3 is 4.74 Å². The molecule has 174 valence electrons. The number of rotatable bonds is 2. The largest absolute Gasteiger partial charge is 0.349 e. The van der Waals surface area contributed by atoms with Crippen molar-refractivity contribution in [3.05, 3.63) is 99.0 Å². The van der Waals surface area contributed by atoms with Gasteiger partial charge in [-0.05, 0) is 25.1 Å². The highest BCUT2D eigenvalue weighted by atomic mass is 35.5. The lowest BCUT2D eigenvalue weighted by molar-refractivity contribution is -0.127. The van der Waals surface area contributed by atoms with Crippen LogP contribution in [0, 0.1) is 18.8 Å². The molecular weight excluding hydrogens is 489 g/mol. The predicted molar refractivity (Wildman–Crippen MR) is 129 cm³/mol. The van der Waals surface area contributed by atoms with Crippen LogP contribution in [-0.2, 0) is 14.3 Å². The van der Waals surface area contributed by atoms with Crippen molar-refractivity contribution in [3.63, 3.8) is 0 Å². The van der Waals surface area contributed by atoms with Crippen molar-refractivity contribution >= 4 is 52.3 Å². The van der Waals surface area contributed by atoms with Crippen LogP contribution in [0.5, 0.6) is 0 Å². The van der Waals surface area contributed by atoms with Gasteiger partial charge >= 0.3 is 0 Å². The van der Waals surface area contributed by atoms with Crippen LogP contribution < -0.4 is 4.90 Å². The lowest BCUT2D eigenvalue weighted by Crippen LogP contribution is -2.51. The summed E-state index contributed by atoms with van der Waals surface area (Å²) in [5.41, 5.74) is -0.160. The SMILES string of the molecule is Cc1ccc(N2C(=O)[C@@H]3[C@@H](c4cccc(Cl)c4Cl)OC4(C(=O)c5ccccc5C4=O)[C@H]3C2=O)cc1. The van der Waals surface area contributed by atoms with E-state index in [0.717, 1.165) is 10.5 Å². The molecule has 3 aliphatic rings. The zero-order chi connectivity index (χ0) is 24.6. The smallest absolute Gasteiger partial charge is 0.241 e. The monoisotopic (exact) mass is 505 g/mol. The zero-order valence-electron chi connectivity index (χ0n) is 18.3. The summed E-state index contributed by atoms with van der Waals surface area (Å²) in [7, 11) is 0. The molecule has 0 unspecified atom stereocenters. The van der Waals surface area contributed by atoms with E-state index in [2.05, 4.69) is 0 Å². The summed E-state index contributed by atoms with van der Waals surface area (Å²) in [4.78, 5) is 56.3. The fourth-order valence-electron chi connectivity index (χ4n) is 5.49. The van der Waals surface area contributed by atoms with E-state index < -0.39 is 46.9 Å². The standard InChI is InChI=1S/C27H17Cl2NO5/c1-13-9-11-14(12-10-13)30-25(33)19-20(26(30)34)27(23(31)15-5-2-3-6-16(15)24(27)32)35-22(19)17-7-4-8-18(28)21(17)29/h2-12,19-20,22H,1H3/t19-,20+,22+/m0/s1. The van der Waals surface area contributed by atoms with E-state index >= 15 is 0 Å². The van der Waals surface area contributed by atoms with Gasteiger partial charge in [0.15, 0.2) is 0 Å². The minimum Gasteiger partial charge on any atom is -0.349 e. The molecule has 1 aliphatic carbocycles. The minimum atomic E-state index is -2.16. The first kappa shape index (κ1) is 22.2. The van der Waals surface area contributed by atoms with E-state index in [4.69, 9.17) is 27.9 Å². The number of carbonyl (C=O) groups excluding carboxylic acids is 4. The van der Waals surface area contributed by atoms with Crippen LogP contribution in [0.3, 0.4) is 0 Å². The number of carbonyl (C=O) groups is 4. The third kappa shape index (κ3) is 2.82. The second-order valence-corrected chi connectivity index (χ2v) is 9.76. The molecule has 3 aromatic rings. The minimum absolute atomic E-state index is 0.138. The van der Waals surface area contributed by atoms with Gasteiger partial charge in [0.05, 0.1) is 33.7 Å². The van der Waals surface area contributed by atoms with Crippen molar-refractivity contribution in [2.24, 2.45) is 11.8 Å². The van der Waals surface area contributed by atoms with E-state index in [-0.39, 0.29) is 21.2 Å². The molecule has 0 bridgehead atoms. The molecule has 35 heavy (non-hydrogen) atoms. The van der Waals surface area contributed by atoms with E-state index in [0.29, 0.717) is 11.3 Å². The first-order chi connectivity index (χ1) is 16.8. The Hall–Kier alpha value is -3.32. The Morgan fingerprint density at radius 3 is 2.06 bits per heavy atom. The van der Waals surface area contributed by atoms with Crippen LogP contribution >= 0.6 is 23.2 Å². The molecule has 6 nitrogen and oxygen atoms in total. The number of nitrogens with zero attached hydrogens (tertiary/aromatic N) is 1.